The summed E-state index contributed by atoms with van der Waals surface area (Å²) in [6.45, 7) is 0. The molecule has 0 aromatic rings. The van der Waals surface area contributed by atoms with Gasteiger partial charge in [0.1, 0.15) is 0 Å². The summed E-state index contributed by atoms with van der Waals surface area (Å²) in [4.78, 5) is 0. The molecule has 0 amide bonds. The highest BCUT2D eigenvalue weighted by Crippen LogP contribution is 2.06. The molecule has 0 heterocycles. The van der Waals surface area contributed by atoms with E-state index in [0.717, 1.165) is 0 Å². The van der Waals surface area contributed by atoms with Crippen molar-refractivity contribution in [3.8, 4) is 0 Å². The smallest absolute Gasteiger partial charge is 0.0347 e. The summed E-state index contributed by atoms with van der Waals surface area (Å²) in [5.41, 5.74) is 0. The largest absolute Gasteiger partial charge is 0.0885 e. The second-order valence-corrected chi connectivity index (χ2v) is 3.90. The van der Waals surface area contributed by atoms with Crippen molar-refractivity contribution >= 4 is 0 Å². The first-order valence-corrected chi connectivity index (χ1v) is 5.97. The number of rotatable bonds is 0. The quantitative estimate of drug-likeness (QED) is 0.482. The average Bonchev–Trinajstić information content (AvgIpc) is 2.22. The SMILES string of the molecule is C1=CCCCC/C=C\CCCCC=C1. The topological polar surface area (TPSA) is 0 Å². The maximum atomic E-state index is 2.35. The van der Waals surface area contributed by atoms with Gasteiger partial charge in [-0.05, 0) is 51.4 Å². The van der Waals surface area contributed by atoms with Gasteiger partial charge in [0.05, 0.1) is 0 Å². The average molecular weight is 190 g/mol. The van der Waals surface area contributed by atoms with E-state index in [9.17, 15) is 0 Å². The molecule has 0 heteroatoms. The van der Waals surface area contributed by atoms with E-state index in [1.165, 1.54) is 51.4 Å². The Balaban J connectivity index is 2.25. The van der Waals surface area contributed by atoms with Crippen molar-refractivity contribution < 1.29 is 0 Å². The highest BCUT2D eigenvalue weighted by atomic mass is 13.9. The normalized spacial score (nSPS) is 22.9. The van der Waals surface area contributed by atoms with E-state index in [4.69, 9.17) is 0 Å². The van der Waals surface area contributed by atoms with Gasteiger partial charge < -0.3 is 0 Å². The molecular formula is C14H22. The standard InChI is InChI=1S/C14H22/c1-2-4-6-8-10-12-14-13-11-9-7-5-3-1/h1-4,13-14H,5-12H2/b3-1?,4-2?,14-13-. The Bertz CT molecular complexity index is 174. The summed E-state index contributed by atoms with van der Waals surface area (Å²) in [5, 5.41) is 0. The Labute approximate surface area is 88.4 Å². The van der Waals surface area contributed by atoms with Crippen LogP contribution in [0.2, 0.25) is 0 Å². The first-order valence-electron chi connectivity index (χ1n) is 5.97. The van der Waals surface area contributed by atoms with Crippen molar-refractivity contribution in [2.75, 3.05) is 0 Å². The van der Waals surface area contributed by atoms with Gasteiger partial charge in [-0.1, -0.05) is 36.5 Å². The molecule has 0 atom stereocenters. The van der Waals surface area contributed by atoms with Crippen LogP contribution in [0.15, 0.2) is 36.5 Å². The minimum Gasteiger partial charge on any atom is -0.0885 e. The van der Waals surface area contributed by atoms with Crippen molar-refractivity contribution in [2.24, 2.45) is 0 Å². The zero-order chi connectivity index (χ0) is 9.90. The Morgan fingerprint density at radius 1 is 0.429 bits per heavy atom. The lowest BCUT2D eigenvalue weighted by molar-refractivity contribution is 0.744. The number of hydrogen-bond donors (Lipinski definition) is 0. The third kappa shape index (κ3) is 6.71. The first kappa shape index (κ1) is 11.3. The maximum Gasteiger partial charge on any atom is -0.0347 e. The van der Waals surface area contributed by atoms with Crippen LogP contribution in [0.25, 0.3) is 0 Å². The highest BCUT2D eigenvalue weighted by molar-refractivity contribution is 5.02. The van der Waals surface area contributed by atoms with E-state index in [1.54, 1.807) is 0 Å². The van der Waals surface area contributed by atoms with Gasteiger partial charge in [-0.15, -0.1) is 0 Å². The molecule has 0 aliphatic heterocycles. The predicted octanol–water partition coefficient (Wildman–Crippen LogP) is 4.79. The molecule has 0 bridgehead atoms. The predicted molar refractivity (Wildman–Crippen MR) is 64.4 cm³/mol. The monoisotopic (exact) mass is 190 g/mol. The van der Waals surface area contributed by atoms with Crippen LogP contribution in [0.3, 0.4) is 0 Å². The first-order chi connectivity index (χ1) is 7.00. The van der Waals surface area contributed by atoms with Crippen LogP contribution in [-0.2, 0) is 0 Å². The Hall–Kier alpha value is -0.780. The summed E-state index contributed by atoms with van der Waals surface area (Å²) in [6.07, 6.45) is 24.0. The van der Waals surface area contributed by atoms with E-state index in [2.05, 4.69) is 36.5 Å². The molecular weight excluding hydrogens is 168 g/mol. The van der Waals surface area contributed by atoms with Crippen LogP contribution in [0.1, 0.15) is 51.4 Å². The molecule has 1 aliphatic rings. The van der Waals surface area contributed by atoms with Crippen LogP contribution >= 0.6 is 0 Å². The van der Waals surface area contributed by atoms with Crippen molar-refractivity contribution in [1.29, 1.82) is 0 Å². The van der Waals surface area contributed by atoms with Crippen molar-refractivity contribution in [3.05, 3.63) is 36.5 Å². The van der Waals surface area contributed by atoms with Gasteiger partial charge in [0, 0.05) is 0 Å². The van der Waals surface area contributed by atoms with E-state index in [-0.39, 0.29) is 0 Å². The van der Waals surface area contributed by atoms with Crippen LogP contribution in [0.5, 0.6) is 0 Å². The zero-order valence-electron chi connectivity index (χ0n) is 9.12. The molecule has 78 valence electrons. The molecule has 14 heavy (non-hydrogen) atoms. The summed E-state index contributed by atoms with van der Waals surface area (Å²) in [5.74, 6) is 0. The summed E-state index contributed by atoms with van der Waals surface area (Å²) >= 11 is 0. The molecule has 1 aliphatic carbocycles. The fourth-order valence-electron chi connectivity index (χ4n) is 1.63. The minimum absolute atomic E-state index is 1.23. The summed E-state index contributed by atoms with van der Waals surface area (Å²) in [7, 11) is 0. The van der Waals surface area contributed by atoms with Crippen LogP contribution in [0.4, 0.5) is 0 Å². The van der Waals surface area contributed by atoms with E-state index >= 15 is 0 Å². The van der Waals surface area contributed by atoms with Crippen molar-refractivity contribution in [2.45, 2.75) is 51.4 Å². The summed E-state index contributed by atoms with van der Waals surface area (Å²) in [6, 6.07) is 0. The Morgan fingerprint density at radius 3 is 1.21 bits per heavy atom. The molecule has 0 aromatic heterocycles. The molecule has 0 unspecified atom stereocenters. The third-order valence-electron chi connectivity index (χ3n) is 2.53. The van der Waals surface area contributed by atoms with Gasteiger partial charge in [-0.3, -0.25) is 0 Å². The Kier molecular flexibility index (Phi) is 7.10. The molecule has 0 spiro atoms. The van der Waals surface area contributed by atoms with Gasteiger partial charge in [0.25, 0.3) is 0 Å². The van der Waals surface area contributed by atoms with Crippen molar-refractivity contribution in [1.82, 2.24) is 0 Å². The van der Waals surface area contributed by atoms with Gasteiger partial charge in [-0.25, -0.2) is 0 Å². The van der Waals surface area contributed by atoms with Gasteiger partial charge >= 0.3 is 0 Å². The number of hydrogen-bond acceptors (Lipinski definition) is 0. The molecule has 0 aromatic carbocycles. The van der Waals surface area contributed by atoms with E-state index in [1.807, 2.05) is 0 Å². The van der Waals surface area contributed by atoms with Crippen LogP contribution < -0.4 is 0 Å². The lowest BCUT2D eigenvalue weighted by Crippen LogP contribution is -1.75. The van der Waals surface area contributed by atoms with Gasteiger partial charge in [0.15, 0.2) is 0 Å². The Morgan fingerprint density at radius 2 is 0.786 bits per heavy atom. The van der Waals surface area contributed by atoms with Crippen molar-refractivity contribution in [3.63, 3.8) is 0 Å². The van der Waals surface area contributed by atoms with Crippen LogP contribution in [0, 0.1) is 0 Å². The molecule has 0 radical (unpaired) electrons. The van der Waals surface area contributed by atoms with E-state index < -0.39 is 0 Å². The van der Waals surface area contributed by atoms with Crippen LogP contribution in [-0.4, -0.2) is 0 Å². The highest BCUT2D eigenvalue weighted by Gasteiger charge is 1.86. The van der Waals surface area contributed by atoms with E-state index in [0.29, 0.717) is 0 Å². The maximum absolute atomic E-state index is 2.35. The second kappa shape index (κ2) is 8.80. The molecule has 0 nitrogen and oxygen atoms in total. The lowest BCUT2D eigenvalue weighted by Gasteiger charge is -1.95. The molecule has 0 N–H and O–H groups in total. The van der Waals surface area contributed by atoms with Gasteiger partial charge in [-0.2, -0.15) is 0 Å². The number of allylic oxidation sites excluding steroid dienone is 6. The van der Waals surface area contributed by atoms with Gasteiger partial charge in [0.2, 0.25) is 0 Å². The fourth-order valence-corrected chi connectivity index (χ4v) is 1.63. The molecule has 0 saturated heterocycles. The third-order valence-corrected chi connectivity index (χ3v) is 2.53. The fraction of sp³-hybridized carbons (Fsp3) is 0.571. The lowest BCUT2D eigenvalue weighted by atomic mass is 10.1. The molecule has 0 fully saturated rings. The molecule has 1 rings (SSSR count). The second-order valence-electron chi connectivity index (χ2n) is 3.90. The molecule has 0 saturated carbocycles. The minimum atomic E-state index is 1.23. The summed E-state index contributed by atoms with van der Waals surface area (Å²) < 4.78 is 0. The zero-order valence-corrected chi connectivity index (χ0v) is 9.12.